The number of hydrogen-bond donors (Lipinski definition) is 1. The number of piperazine rings is 1. The van der Waals surface area contributed by atoms with Crippen molar-refractivity contribution in [3.05, 3.63) is 80.0 Å². The maximum absolute atomic E-state index is 13.0. The first kappa shape index (κ1) is 21.8. The minimum atomic E-state index is -0.402. The molecule has 0 atom stereocenters. The summed E-state index contributed by atoms with van der Waals surface area (Å²) in [5.74, 6) is -0.622. The number of aromatic nitrogens is 2. The smallest absolute Gasteiger partial charge is 0.282 e. The van der Waals surface area contributed by atoms with Gasteiger partial charge in [0.15, 0.2) is 0 Å². The number of carbonyl (C=O) groups excluding carboxylic acids is 1. The zero-order chi connectivity index (χ0) is 22.5. The summed E-state index contributed by atoms with van der Waals surface area (Å²) >= 11 is 1.26. The zero-order valence-corrected chi connectivity index (χ0v) is 17.9. The second kappa shape index (κ2) is 9.79. The molecule has 1 N–H and O–H groups in total. The number of nitro groups is 1. The number of hydrogen-bond acceptors (Lipinski definition) is 8. The topological polar surface area (TPSA) is 104 Å². The number of nitrogens with zero attached hydrogens (tertiary/aromatic N) is 5. The first-order valence-electron chi connectivity index (χ1n) is 10.0. The summed E-state index contributed by atoms with van der Waals surface area (Å²) in [5.41, 5.74) is 1.85. The lowest BCUT2D eigenvalue weighted by Crippen LogP contribution is -2.45. The number of nitro benzene ring substituents is 1. The molecule has 32 heavy (non-hydrogen) atoms. The first-order chi connectivity index (χ1) is 15.5. The van der Waals surface area contributed by atoms with Gasteiger partial charge in [0.2, 0.25) is 5.01 Å². The highest BCUT2D eigenvalue weighted by molar-refractivity contribution is 7.13. The van der Waals surface area contributed by atoms with Crippen molar-refractivity contribution < 1.29 is 14.1 Å². The fraction of sp³-hybridized carbons (Fsp3) is 0.286. The van der Waals surface area contributed by atoms with E-state index >= 15 is 0 Å². The van der Waals surface area contributed by atoms with Gasteiger partial charge in [-0.15, -0.1) is 10.2 Å². The van der Waals surface area contributed by atoms with Crippen LogP contribution in [0.2, 0.25) is 0 Å². The Bertz CT molecular complexity index is 1080. The summed E-state index contributed by atoms with van der Waals surface area (Å²) in [5, 5.41) is 22.8. The number of rotatable bonds is 7. The molecule has 11 heteroatoms. The lowest BCUT2D eigenvalue weighted by molar-refractivity contribution is -0.384. The number of benzene rings is 2. The summed E-state index contributed by atoms with van der Waals surface area (Å²) in [7, 11) is 0. The predicted octanol–water partition coefficient (Wildman–Crippen LogP) is 2.84. The fourth-order valence-electron chi connectivity index (χ4n) is 3.41. The van der Waals surface area contributed by atoms with E-state index in [2.05, 4.69) is 25.3 Å². The largest absolute Gasteiger partial charge is 0.369 e. The van der Waals surface area contributed by atoms with Crippen LogP contribution in [0.1, 0.15) is 20.4 Å². The third-order valence-electron chi connectivity index (χ3n) is 5.18. The molecule has 4 rings (SSSR count). The highest BCUT2D eigenvalue weighted by Gasteiger charge is 2.20. The molecular formula is C21H21FN6O3S. The van der Waals surface area contributed by atoms with Crippen molar-refractivity contribution in [1.82, 2.24) is 20.4 Å². The van der Waals surface area contributed by atoms with Gasteiger partial charge in [-0.2, -0.15) is 0 Å². The molecule has 0 aliphatic carbocycles. The Morgan fingerprint density at radius 3 is 2.41 bits per heavy atom. The standard InChI is InChI=1S/C21H21FN6O3S/c22-16-3-1-15(2-4-16)13-23-20(29)21-25-24-19(32-21)14-26-9-11-27(12-10-26)17-5-7-18(8-6-17)28(30)31/h1-8H,9-14H2,(H,23,29). The molecule has 1 saturated heterocycles. The molecule has 0 unspecified atom stereocenters. The Morgan fingerprint density at radius 1 is 1.06 bits per heavy atom. The monoisotopic (exact) mass is 456 g/mol. The van der Waals surface area contributed by atoms with Gasteiger partial charge >= 0.3 is 0 Å². The number of anilines is 1. The van der Waals surface area contributed by atoms with Crippen LogP contribution in [0, 0.1) is 15.9 Å². The van der Waals surface area contributed by atoms with Gasteiger partial charge < -0.3 is 10.2 Å². The van der Waals surface area contributed by atoms with Crippen LogP contribution < -0.4 is 10.2 Å². The normalized spacial score (nSPS) is 14.3. The lowest BCUT2D eigenvalue weighted by atomic mass is 10.2. The van der Waals surface area contributed by atoms with Gasteiger partial charge in [-0.1, -0.05) is 23.5 Å². The number of nitrogens with one attached hydrogen (secondary N) is 1. The SMILES string of the molecule is O=C(NCc1ccc(F)cc1)c1nnc(CN2CCN(c3ccc([N+](=O)[O-])cc3)CC2)s1. The molecule has 1 aromatic heterocycles. The van der Waals surface area contributed by atoms with Gasteiger partial charge in [0.1, 0.15) is 10.8 Å². The van der Waals surface area contributed by atoms with Crippen molar-refractivity contribution in [3.63, 3.8) is 0 Å². The van der Waals surface area contributed by atoms with E-state index in [0.717, 1.165) is 42.4 Å². The van der Waals surface area contributed by atoms with Crippen molar-refractivity contribution >= 4 is 28.6 Å². The molecule has 1 aliphatic rings. The molecule has 1 aliphatic heterocycles. The molecule has 0 spiro atoms. The van der Waals surface area contributed by atoms with E-state index in [9.17, 15) is 19.3 Å². The van der Waals surface area contributed by atoms with Gasteiger partial charge in [0, 0.05) is 50.5 Å². The molecular weight excluding hydrogens is 435 g/mol. The van der Waals surface area contributed by atoms with Crippen molar-refractivity contribution in [1.29, 1.82) is 0 Å². The Labute approximate surface area is 187 Å². The number of carbonyl (C=O) groups is 1. The second-order valence-corrected chi connectivity index (χ2v) is 8.41. The van der Waals surface area contributed by atoms with Crippen molar-refractivity contribution in [3.8, 4) is 0 Å². The average Bonchev–Trinajstić information content (AvgIpc) is 3.28. The third-order valence-corrected chi connectivity index (χ3v) is 6.09. The van der Waals surface area contributed by atoms with Gasteiger partial charge in [-0.3, -0.25) is 19.8 Å². The van der Waals surface area contributed by atoms with Crippen molar-refractivity contribution in [2.24, 2.45) is 0 Å². The molecule has 2 heterocycles. The van der Waals surface area contributed by atoms with Crippen LogP contribution in [0.5, 0.6) is 0 Å². The molecule has 3 aromatic rings. The van der Waals surface area contributed by atoms with E-state index in [1.807, 2.05) is 0 Å². The molecule has 166 valence electrons. The summed E-state index contributed by atoms with van der Waals surface area (Å²) < 4.78 is 13.0. The summed E-state index contributed by atoms with van der Waals surface area (Å²) in [6, 6.07) is 12.5. The van der Waals surface area contributed by atoms with Gasteiger partial charge in [0.05, 0.1) is 11.5 Å². The minimum absolute atomic E-state index is 0.0844. The zero-order valence-electron chi connectivity index (χ0n) is 17.1. The van der Waals surface area contributed by atoms with Gasteiger partial charge in [0.25, 0.3) is 11.6 Å². The van der Waals surface area contributed by atoms with E-state index in [1.54, 1.807) is 24.3 Å². The molecule has 1 amide bonds. The second-order valence-electron chi connectivity index (χ2n) is 7.35. The highest BCUT2D eigenvalue weighted by Crippen LogP contribution is 2.21. The highest BCUT2D eigenvalue weighted by atomic mass is 32.1. The van der Waals surface area contributed by atoms with Gasteiger partial charge in [-0.25, -0.2) is 4.39 Å². The molecule has 2 aromatic carbocycles. The van der Waals surface area contributed by atoms with Crippen LogP contribution >= 0.6 is 11.3 Å². The van der Waals surface area contributed by atoms with E-state index in [1.165, 1.54) is 35.6 Å². The Morgan fingerprint density at radius 2 is 1.75 bits per heavy atom. The maximum atomic E-state index is 13.0. The summed E-state index contributed by atoms with van der Waals surface area (Å²) in [4.78, 5) is 27.1. The first-order valence-corrected chi connectivity index (χ1v) is 10.9. The summed E-state index contributed by atoms with van der Waals surface area (Å²) in [6.07, 6.45) is 0. The Hall–Kier alpha value is -3.44. The number of amides is 1. The predicted molar refractivity (Wildman–Crippen MR) is 118 cm³/mol. The number of non-ortho nitro benzene ring substituents is 1. The van der Waals surface area contributed by atoms with Crippen LogP contribution in [0.15, 0.2) is 48.5 Å². The molecule has 0 saturated carbocycles. The van der Waals surface area contributed by atoms with Crippen LogP contribution in [-0.4, -0.2) is 52.1 Å². The van der Waals surface area contributed by atoms with E-state index < -0.39 is 4.92 Å². The van der Waals surface area contributed by atoms with E-state index in [0.29, 0.717) is 18.1 Å². The quantitative estimate of drug-likeness (QED) is 0.431. The van der Waals surface area contributed by atoms with Crippen molar-refractivity contribution in [2.45, 2.75) is 13.1 Å². The molecule has 0 radical (unpaired) electrons. The minimum Gasteiger partial charge on any atom is -0.369 e. The fourth-order valence-corrected chi connectivity index (χ4v) is 4.21. The Balaban J connectivity index is 1.25. The third kappa shape index (κ3) is 5.42. The summed E-state index contributed by atoms with van der Waals surface area (Å²) in [6.45, 7) is 4.10. The van der Waals surface area contributed by atoms with Crippen LogP contribution in [0.25, 0.3) is 0 Å². The van der Waals surface area contributed by atoms with E-state index in [-0.39, 0.29) is 17.4 Å². The van der Waals surface area contributed by atoms with Crippen LogP contribution in [-0.2, 0) is 13.1 Å². The maximum Gasteiger partial charge on any atom is 0.282 e. The average molecular weight is 457 g/mol. The lowest BCUT2D eigenvalue weighted by Gasteiger charge is -2.35. The Kier molecular flexibility index (Phi) is 6.66. The molecule has 0 bridgehead atoms. The van der Waals surface area contributed by atoms with Crippen molar-refractivity contribution in [2.75, 3.05) is 31.1 Å². The van der Waals surface area contributed by atoms with Crippen LogP contribution in [0.4, 0.5) is 15.8 Å². The number of halogens is 1. The molecule has 9 nitrogen and oxygen atoms in total. The van der Waals surface area contributed by atoms with Crippen LogP contribution in [0.3, 0.4) is 0 Å². The molecule has 1 fully saturated rings. The van der Waals surface area contributed by atoms with E-state index in [4.69, 9.17) is 0 Å². The van der Waals surface area contributed by atoms with Gasteiger partial charge in [-0.05, 0) is 29.8 Å².